The molecule has 1 aromatic rings. The zero-order valence-electron chi connectivity index (χ0n) is 6.79. The molecule has 0 bridgehead atoms. The maximum absolute atomic E-state index is 5.05. The third-order valence-corrected chi connectivity index (χ3v) is 1.60. The van der Waals surface area contributed by atoms with Crippen LogP contribution in [0, 0.1) is 6.92 Å². The van der Waals surface area contributed by atoms with Gasteiger partial charge in [-0.3, -0.25) is 4.98 Å². The predicted octanol–water partition coefficient (Wildman–Crippen LogP) is 1.20. The summed E-state index contributed by atoms with van der Waals surface area (Å²) in [6.45, 7) is 3.95. The van der Waals surface area contributed by atoms with E-state index in [1.54, 1.807) is 6.20 Å². The Hall–Kier alpha value is -1.09. The van der Waals surface area contributed by atoms with Crippen molar-refractivity contribution in [3.63, 3.8) is 0 Å². The van der Waals surface area contributed by atoms with E-state index in [0.717, 1.165) is 17.7 Å². The van der Waals surface area contributed by atoms with E-state index < -0.39 is 0 Å². The summed E-state index contributed by atoms with van der Waals surface area (Å²) >= 11 is 0. The first-order chi connectivity index (χ1) is 5.27. The lowest BCUT2D eigenvalue weighted by Gasteiger charge is -2.03. The van der Waals surface area contributed by atoms with Crippen molar-refractivity contribution < 1.29 is 4.84 Å². The highest BCUT2D eigenvalue weighted by Gasteiger charge is 1.99. The van der Waals surface area contributed by atoms with E-state index in [0.29, 0.717) is 5.75 Å². The first-order valence-corrected chi connectivity index (χ1v) is 3.60. The zero-order valence-corrected chi connectivity index (χ0v) is 6.79. The van der Waals surface area contributed by atoms with Gasteiger partial charge in [0.05, 0.1) is 0 Å². The quantitative estimate of drug-likeness (QED) is 0.648. The molecule has 0 radical (unpaired) electrons. The molecule has 0 aliphatic heterocycles. The van der Waals surface area contributed by atoms with Crippen LogP contribution in [0.15, 0.2) is 12.3 Å². The highest BCUT2D eigenvalue weighted by molar-refractivity contribution is 5.31. The smallest absolute Gasteiger partial charge is 0.153 e. The normalized spacial score (nSPS) is 9.73. The molecule has 1 aromatic heterocycles. The van der Waals surface area contributed by atoms with Gasteiger partial charge in [-0.1, -0.05) is 6.92 Å². The summed E-state index contributed by atoms with van der Waals surface area (Å²) < 4.78 is 0. The lowest BCUT2D eigenvalue weighted by molar-refractivity contribution is 0.331. The fourth-order valence-electron chi connectivity index (χ4n) is 0.866. The molecule has 1 rings (SSSR count). The molecular weight excluding hydrogens is 140 g/mol. The Morgan fingerprint density at radius 3 is 2.91 bits per heavy atom. The molecule has 0 aromatic carbocycles. The van der Waals surface area contributed by atoms with Gasteiger partial charge in [-0.25, -0.2) is 0 Å². The highest BCUT2D eigenvalue weighted by Crippen LogP contribution is 2.15. The van der Waals surface area contributed by atoms with E-state index >= 15 is 0 Å². The number of hydrogen-bond acceptors (Lipinski definition) is 3. The van der Waals surface area contributed by atoms with E-state index in [1.807, 2.05) is 19.9 Å². The largest absolute Gasteiger partial charge is 0.411 e. The average Bonchev–Trinajstić information content (AvgIpc) is 2.05. The third-order valence-electron chi connectivity index (χ3n) is 1.60. The maximum atomic E-state index is 5.05. The molecule has 0 unspecified atom stereocenters. The number of aryl methyl sites for hydroxylation is 2. The Labute approximate surface area is 66.2 Å². The minimum atomic E-state index is 0.705. The van der Waals surface area contributed by atoms with Gasteiger partial charge in [-0.05, 0) is 13.3 Å². The molecule has 1 heterocycles. The number of rotatable bonds is 2. The topological polar surface area (TPSA) is 48.1 Å². The van der Waals surface area contributed by atoms with Crippen molar-refractivity contribution in [3.8, 4) is 5.75 Å². The zero-order chi connectivity index (χ0) is 8.27. The van der Waals surface area contributed by atoms with Gasteiger partial charge in [0.1, 0.15) is 0 Å². The van der Waals surface area contributed by atoms with Crippen molar-refractivity contribution in [2.24, 2.45) is 5.90 Å². The van der Waals surface area contributed by atoms with Crippen molar-refractivity contribution in [2.75, 3.05) is 0 Å². The summed E-state index contributed by atoms with van der Waals surface area (Å²) in [5.41, 5.74) is 1.96. The van der Waals surface area contributed by atoms with Crippen LogP contribution in [0.25, 0.3) is 0 Å². The van der Waals surface area contributed by atoms with Crippen molar-refractivity contribution >= 4 is 0 Å². The van der Waals surface area contributed by atoms with Gasteiger partial charge in [0, 0.05) is 23.5 Å². The number of aromatic nitrogens is 1. The van der Waals surface area contributed by atoms with Crippen LogP contribution in [-0.4, -0.2) is 4.98 Å². The van der Waals surface area contributed by atoms with Crippen LogP contribution in [0.5, 0.6) is 5.75 Å². The Bertz CT molecular complexity index is 248. The molecule has 3 nitrogen and oxygen atoms in total. The van der Waals surface area contributed by atoms with E-state index in [9.17, 15) is 0 Å². The number of pyridine rings is 1. The predicted molar refractivity (Wildman–Crippen MR) is 43.2 cm³/mol. The third kappa shape index (κ3) is 1.68. The molecule has 2 N–H and O–H groups in total. The molecule has 0 aliphatic carbocycles. The molecule has 0 spiro atoms. The van der Waals surface area contributed by atoms with Gasteiger partial charge >= 0.3 is 0 Å². The van der Waals surface area contributed by atoms with Crippen molar-refractivity contribution in [2.45, 2.75) is 20.3 Å². The summed E-state index contributed by atoms with van der Waals surface area (Å²) in [4.78, 5) is 8.82. The van der Waals surface area contributed by atoms with Crippen LogP contribution in [0.4, 0.5) is 0 Å². The molecule has 3 heteroatoms. The lowest BCUT2D eigenvalue weighted by Crippen LogP contribution is -2.04. The second-order valence-electron chi connectivity index (χ2n) is 2.41. The summed E-state index contributed by atoms with van der Waals surface area (Å²) in [6.07, 6.45) is 2.66. The van der Waals surface area contributed by atoms with Gasteiger partial charge in [0.2, 0.25) is 0 Å². The summed E-state index contributed by atoms with van der Waals surface area (Å²) in [6, 6.07) is 1.86. The molecule has 0 aliphatic rings. The molecule has 0 fully saturated rings. The van der Waals surface area contributed by atoms with Gasteiger partial charge in [-0.2, -0.15) is 5.90 Å². The second kappa shape index (κ2) is 3.34. The number of nitrogens with two attached hydrogens (primary N) is 1. The molecule has 0 saturated heterocycles. The van der Waals surface area contributed by atoms with Gasteiger partial charge in [0.15, 0.2) is 5.75 Å². The van der Waals surface area contributed by atoms with Crippen LogP contribution >= 0.6 is 0 Å². The van der Waals surface area contributed by atoms with Crippen LogP contribution in [0.1, 0.15) is 18.2 Å². The first-order valence-electron chi connectivity index (χ1n) is 3.60. The van der Waals surface area contributed by atoms with E-state index in [4.69, 9.17) is 5.90 Å². The molecule has 11 heavy (non-hydrogen) atoms. The Kier molecular flexibility index (Phi) is 2.44. The Morgan fingerprint density at radius 2 is 2.36 bits per heavy atom. The summed E-state index contributed by atoms with van der Waals surface area (Å²) in [5.74, 6) is 5.75. The molecular formula is C8H12N2O. The van der Waals surface area contributed by atoms with Crippen LogP contribution in [-0.2, 0) is 6.42 Å². The first kappa shape index (κ1) is 8.01. The van der Waals surface area contributed by atoms with Gasteiger partial charge < -0.3 is 4.84 Å². The van der Waals surface area contributed by atoms with Crippen LogP contribution in [0.3, 0.4) is 0 Å². The molecule has 60 valence electrons. The molecule has 0 amide bonds. The molecule has 0 atom stereocenters. The maximum Gasteiger partial charge on any atom is 0.153 e. The highest BCUT2D eigenvalue weighted by atomic mass is 16.6. The summed E-state index contributed by atoms with van der Waals surface area (Å²) in [5, 5.41) is 0. The minimum Gasteiger partial charge on any atom is -0.411 e. The standard InChI is InChI=1S/C8H12N2O/c1-3-7-4-8(11-9)6(2)5-10-7/h4-5H,3,9H2,1-2H3. The van der Waals surface area contributed by atoms with E-state index in [1.165, 1.54) is 0 Å². The number of nitrogens with zero attached hydrogens (tertiary/aromatic N) is 1. The Morgan fingerprint density at radius 1 is 1.64 bits per heavy atom. The van der Waals surface area contributed by atoms with Crippen molar-refractivity contribution in [1.82, 2.24) is 4.98 Å². The fraction of sp³-hybridized carbons (Fsp3) is 0.375. The Balaban J connectivity index is 3.02. The van der Waals surface area contributed by atoms with Crippen molar-refractivity contribution in [1.29, 1.82) is 0 Å². The van der Waals surface area contributed by atoms with E-state index in [2.05, 4.69) is 9.82 Å². The number of hydrogen-bond donors (Lipinski definition) is 1. The van der Waals surface area contributed by atoms with Crippen molar-refractivity contribution in [3.05, 3.63) is 23.5 Å². The summed E-state index contributed by atoms with van der Waals surface area (Å²) in [7, 11) is 0. The minimum absolute atomic E-state index is 0.705. The monoisotopic (exact) mass is 152 g/mol. The fourth-order valence-corrected chi connectivity index (χ4v) is 0.866. The lowest BCUT2D eigenvalue weighted by atomic mass is 10.2. The van der Waals surface area contributed by atoms with E-state index in [-0.39, 0.29) is 0 Å². The average molecular weight is 152 g/mol. The van der Waals surface area contributed by atoms with Gasteiger partial charge in [0.25, 0.3) is 0 Å². The van der Waals surface area contributed by atoms with Gasteiger partial charge in [-0.15, -0.1) is 0 Å². The molecule has 0 saturated carbocycles. The second-order valence-corrected chi connectivity index (χ2v) is 2.41. The van der Waals surface area contributed by atoms with Crippen LogP contribution < -0.4 is 10.7 Å². The van der Waals surface area contributed by atoms with Crippen LogP contribution in [0.2, 0.25) is 0 Å². The SMILES string of the molecule is CCc1cc(ON)c(C)cn1.